The molecule has 4 rings (SSSR count). The number of methoxy groups -OCH3 is 1. The first-order chi connectivity index (χ1) is 17.0. The van der Waals surface area contributed by atoms with Gasteiger partial charge in [0, 0.05) is 58.8 Å². The summed E-state index contributed by atoms with van der Waals surface area (Å²) >= 11 is 0. The van der Waals surface area contributed by atoms with Crippen LogP contribution in [-0.2, 0) is 16.1 Å². The van der Waals surface area contributed by atoms with Crippen molar-refractivity contribution in [2.75, 3.05) is 53.0 Å². The lowest BCUT2D eigenvalue weighted by atomic mass is 10.1. The van der Waals surface area contributed by atoms with Gasteiger partial charge in [0.15, 0.2) is 0 Å². The summed E-state index contributed by atoms with van der Waals surface area (Å²) in [6.07, 6.45) is 4.70. The summed E-state index contributed by atoms with van der Waals surface area (Å²) in [5.74, 6) is 0.487. The standard InChI is InChI=1S/C26H33N5O4/c1-20-7-5-11-31-17-21(28-25(20)31)19-35-23-9-4-3-8-22(23)26(33)30-14-12-29(13-15-30)18-24(32)27-10-6-16-34-2/h3-5,7-9,11,17H,6,10,12-16,18-19H2,1-2H3,(H,27,32). The molecule has 0 bridgehead atoms. The number of carbonyl (C=O) groups is 2. The van der Waals surface area contributed by atoms with Crippen LogP contribution >= 0.6 is 0 Å². The number of aryl methyl sites for hydroxylation is 1. The first-order valence-electron chi connectivity index (χ1n) is 12.0. The van der Waals surface area contributed by atoms with Gasteiger partial charge in [-0.2, -0.15) is 0 Å². The van der Waals surface area contributed by atoms with Gasteiger partial charge >= 0.3 is 0 Å². The first-order valence-corrected chi connectivity index (χ1v) is 12.0. The van der Waals surface area contributed by atoms with E-state index in [0.717, 1.165) is 23.3 Å². The van der Waals surface area contributed by atoms with Gasteiger partial charge in [0.05, 0.1) is 17.8 Å². The molecule has 1 aliphatic heterocycles. The Kier molecular flexibility index (Phi) is 8.33. The van der Waals surface area contributed by atoms with E-state index in [4.69, 9.17) is 9.47 Å². The van der Waals surface area contributed by atoms with E-state index in [1.165, 1.54) is 0 Å². The quantitative estimate of drug-likeness (QED) is 0.448. The summed E-state index contributed by atoms with van der Waals surface area (Å²) in [5.41, 5.74) is 3.33. The number of imidazole rings is 1. The van der Waals surface area contributed by atoms with E-state index >= 15 is 0 Å². The fraction of sp³-hybridized carbons (Fsp3) is 0.423. The largest absolute Gasteiger partial charge is 0.486 e. The second kappa shape index (κ2) is 11.8. The van der Waals surface area contributed by atoms with Crippen molar-refractivity contribution in [2.24, 2.45) is 0 Å². The number of nitrogens with one attached hydrogen (secondary N) is 1. The van der Waals surface area contributed by atoms with Crippen molar-refractivity contribution in [3.8, 4) is 5.75 Å². The number of pyridine rings is 1. The molecule has 9 heteroatoms. The third kappa shape index (κ3) is 6.37. The zero-order valence-corrected chi connectivity index (χ0v) is 20.4. The number of piperazine rings is 1. The Balaban J connectivity index is 1.31. The Morgan fingerprint density at radius 1 is 1.09 bits per heavy atom. The van der Waals surface area contributed by atoms with E-state index in [-0.39, 0.29) is 18.4 Å². The lowest BCUT2D eigenvalue weighted by Gasteiger charge is -2.34. The maximum absolute atomic E-state index is 13.3. The van der Waals surface area contributed by atoms with Crippen LogP contribution in [0, 0.1) is 6.92 Å². The topological polar surface area (TPSA) is 88.4 Å². The highest BCUT2D eigenvalue weighted by molar-refractivity contribution is 5.97. The zero-order valence-electron chi connectivity index (χ0n) is 20.4. The minimum absolute atomic E-state index is 0.00163. The predicted octanol–water partition coefficient (Wildman–Crippen LogP) is 2.13. The Morgan fingerprint density at radius 3 is 2.66 bits per heavy atom. The van der Waals surface area contributed by atoms with Crippen LogP contribution in [0.15, 0.2) is 48.8 Å². The zero-order chi connectivity index (χ0) is 24.6. The van der Waals surface area contributed by atoms with Gasteiger partial charge in [0.25, 0.3) is 5.91 Å². The van der Waals surface area contributed by atoms with Crippen molar-refractivity contribution < 1.29 is 19.1 Å². The fourth-order valence-electron chi connectivity index (χ4n) is 4.18. The van der Waals surface area contributed by atoms with Crippen LogP contribution in [0.1, 0.15) is 28.0 Å². The number of hydrogen-bond acceptors (Lipinski definition) is 6. The molecule has 0 spiro atoms. The van der Waals surface area contributed by atoms with Gasteiger partial charge < -0.3 is 24.1 Å². The molecule has 35 heavy (non-hydrogen) atoms. The van der Waals surface area contributed by atoms with Crippen LogP contribution < -0.4 is 10.1 Å². The highest BCUT2D eigenvalue weighted by Crippen LogP contribution is 2.22. The van der Waals surface area contributed by atoms with E-state index < -0.39 is 0 Å². The van der Waals surface area contributed by atoms with Crippen LogP contribution in [0.5, 0.6) is 5.75 Å². The molecule has 0 saturated carbocycles. The molecule has 2 aromatic heterocycles. The number of para-hydroxylation sites is 1. The Hall–Kier alpha value is -3.43. The number of aromatic nitrogens is 2. The SMILES string of the molecule is COCCCNC(=O)CN1CCN(C(=O)c2ccccc2OCc2cn3cccc(C)c3n2)CC1. The fourth-order valence-corrected chi connectivity index (χ4v) is 4.18. The van der Waals surface area contributed by atoms with Gasteiger partial charge in [-0.3, -0.25) is 14.5 Å². The molecule has 0 atom stereocenters. The molecule has 1 N–H and O–H groups in total. The summed E-state index contributed by atoms with van der Waals surface area (Å²) in [7, 11) is 1.65. The summed E-state index contributed by atoms with van der Waals surface area (Å²) in [6, 6.07) is 11.3. The van der Waals surface area contributed by atoms with E-state index in [9.17, 15) is 9.59 Å². The first kappa shape index (κ1) is 24.7. The number of benzene rings is 1. The number of nitrogens with zero attached hydrogens (tertiary/aromatic N) is 4. The molecule has 1 aromatic carbocycles. The van der Waals surface area contributed by atoms with Crippen molar-refractivity contribution in [3.63, 3.8) is 0 Å². The van der Waals surface area contributed by atoms with Gasteiger partial charge in [-0.25, -0.2) is 4.98 Å². The lowest BCUT2D eigenvalue weighted by Crippen LogP contribution is -2.51. The summed E-state index contributed by atoms with van der Waals surface area (Å²) < 4.78 is 13.0. The van der Waals surface area contributed by atoms with E-state index in [2.05, 4.69) is 15.2 Å². The van der Waals surface area contributed by atoms with Crippen LogP contribution in [0.25, 0.3) is 5.65 Å². The molecule has 1 saturated heterocycles. The number of carbonyl (C=O) groups excluding carboxylic acids is 2. The van der Waals surface area contributed by atoms with Crippen LogP contribution in [0.3, 0.4) is 0 Å². The highest BCUT2D eigenvalue weighted by atomic mass is 16.5. The molecular weight excluding hydrogens is 446 g/mol. The number of fused-ring (bicyclic) bond motifs is 1. The molecule has 0 unspecified atom stereocenters. The third-order valence-electron chi connectivity index (χ3n) is 6.09. The van der Waals surface area contributed by atoms with Crippen molar-refractivity contribution in [1.29, 1.82) is 0 Å². The highest BCUT2D eigenvalue weighted by Gasteiger charge is 2.25. The molecule has 2 amide bonds. The average Bonchev–Trinajstić information content (AvgIpc) is 3.30. The Labute approximate surface area is 205 Å². The molecule has 3 aromatic rings. The van der Waals surface area contributed by atoms with Crippen molar-refractivity contribution in [3.05, 3.63) is 65.6 Å². The summed E-state index contributed by atoms with van der Waals surface area (Å²) in [6.45, 7) is 6.32. The Morgan fingerprint density at radius 2 is 1.89 bits per heavy atom. The van der Waals surface area contributed by atoms with Crippen molar-refractivity contribution in [2.45, 2.75) is 20.0 Å². The van der Waals surface area contributed by atoms with E-state index in [1.54, 1.807) is 13.2 Å². The number of rotatable bonds is 10. The maximum Gasteiger partial charge on any atom is 0.257 e. The predicted molar refractivity (Wildman–Crippen MR) is 133 cm³/mol. The molecule has 0 radical (unpaired) electrons. The van der Waals surface area contributed by atoms with Gasteiger partial charge in [0.1, 0.15) is 18.0 Å². The second-order valence-electron chi connectivity index (χ2n) is 8.70. The van der Waals surface area contributed by atoms with E-state index in [0.29, 0.717) is 57.2 Å². The number of amides is 2. The number of hydrogen-bond donors (Lipinski definition) is 1. The molecule has 1 aliphatic rings. The summed E-state index contributed by atoms with van der Waals surface area (Å²) in [4.78, 5) is 33.9. The molecule has 186 valence electrons. The molecule has 9 nitrogen and oxygen atoms in total. The van der Waals surface area contributed by atoms with E-state index in [1.807, 2.05) is 58.9 Å². The van der Waals surface area contributed by atoms with Gasteiger partial charge in [-0.05, 0) is 37.1 Å². The van der Waals surface area contributed by atoms with Crippen LogP contribution in [0.4, 0.5) is 0 Å². The van der Waals surface area contributed by atoms with Gasteiger partial charge in [0.2, 0.25) is 5.91 Å². The van der Waals surface area contributed by atoms with Gasteiger partial charge in [-0.1, -0.05) is 18.2 Å². The Bertz CT molecular complexity index is 1150. The average molecular weight is 480 g/mol. The minimum atomic E-state index is -0.0601. The second-order valence-corrected chi connectivity index (χ2v) is 8.70. The van der Waals surface area contributed by atoms with Crippen LogP contribution in [-0.4, -0.2) is 84.0 Å². The normalized spacial score (nSPS) is 14.3. The number of ether oxygens (including phenoxy) is 2. The summed E-state index contributed by atoms with van der Waals surface area (Å²) in [5, 5.41) is 2.91. The van der Waals surface area contributed by atoms with Crippen molar-refractivity contribution >= 4 is 17.5 Å². The molecular formula is C26H33N5O4. The molecule has 0 aliphatic carbocycles. The lowest BCUT2D eigenvalue weighted by molar-refractivity contribution is -0.122. The molecule has 1 fully saturated rings. The molecule has 3 heterocycles. The maximum atomic E-state index is 13.3. The minimum Gasteiger partial charge on any atom is -0.486 e. The van der Waals surface area contributed by atoms with Gasteiger partial charge in [-0.15, -0.1) is 0 Å². The monoisotopic (exact) mass is 479 g/mol. The smallest absolute Gasteiger partial charge is 0.257 e. The van der Waals surface area contributed by atoms with Crippen LogP contribution in [0.2, 0.25) is 0 Å². The third-order valence-corrected chi connectivity index (χ3v) is 6.09. The van der Waals surface area contributed by atoms with Crippen molar-refractivity contribution in [1.82, 2.24) is 24.5 Å².